The van der Waals surface area contributed by atoms with Crippen LogP contribution in [0.1, 0.15) is 29.2 Å². The summed E-state index contributed by atoms with van der Waals surface area (Å²) < 4.78 is 39.1. The SMILES string of the molecule is C[Se]c1ccc(C2=NNC(c3ccc(C(F)(F)F)cc3)C2)cc1.Cl. The van der Waals surface area contributed by atoms with Crippen molar-refractivity contribution >= 4 is 37.5 Å². The molecule has 1 unspecified atom stereocenters. The Hall–Kier alpha value is -1.49. The molecule has 1 atom stereocenters. The van der Waals surface area contributed by atoms with Crippen LogP contribution in [0.3, 0.4) is 0 Å². The monoisotopic (exact) mass is 420 g/mol. The van der Waals surface area contributed by atoms with Gasteiger partial charge in [-0.1, -0.05) is 0 Å². The van der Waals surface area contributed by atoms with Gasteiger partial charge >= 0.3 is 125 Å². The average Bonchev–Trinajstić information content (AvgIpc) is 3.04. The smallest absolute Gasteiger partial charge is 0.147 e. The molecule has 0 spiro atoms. The number of hydrazone groups is 1. The Labute approximate surface area is 151 Å². The normalized spacial score (nSPS) is 17.0. The summed E-state index contributed by atoms with van der Waals surface area (Å²) in [4.78, 5) is 0. The van der Waals surface area contributed by atoms with Gasteiger partial charge in [0, 0.05) is 0 Å². The molecule has 0 aromatic heterocycles. The van der Waals surface area contributed by atoms with Crippen LogP contribution >= 0.6 is 12.4 Å². The van der Waals surface area contributed by atoms with E-state index in [-0.39, 0.29) is 18.4 Å². The second-order valence-corrected chi connectivity index (χ2v) is 7.14. The minimum absolute atomic E-state index is 0. The minimum atomic E-state index is -4.30. The molecule has 1 aliphatic heterocycles. The van der Waals surface area contributed by atoms with Crippen molar-refractivity contribution in [3.63, 3.8) is 0 Å². The maximum absolute atomic E-state index is 12.6. The molecule has 0 fully saturated rings. The van der Waals surface area contributed by atoms with Crippen LogP contribution in [-0.2, 0) is 6.18 Å². The topological polar surface area (TPSA) is 24.4 Å². The van der Waals surface area contributed by atoms with Crippen LogP contribution in [-0.4, -0.2) is 20.7 Å². The maximum atomic E-state index is 12.6. The van der Waals surface area contributed by atoms with Crippen molar-refractivity contribution in [2.75, 3.05) is 0 Å². The molecule has 0 amide bonds. The summed E-state index contributed by atoms with van der Waals surface area (Å²) in [7, 11) is 0. The van der Waals surface area contributed by atoms with E-state index in [1.54, 1.807) is 0 Å². The Bertz CT molecular complexity index is 712. The number of hydrogen-bond donors (Lipinski definition) is 1. The van der Waals surface area contributed by atoms with Crippen molar-refractivity contribution in [3.05, 3.63) is 65.2 Å². The third-order valence-corrected chi connectivity index (χ3v) is 5.38. The Morgan fingerprint density at radius 3 is 2.21 bits per heavy atom. The predicted octanol–water partition coefficient (Wildman–Crippen LogP) is 3.94. The third kappa shape index (κ3) is 4.12. The Balaban J connectivity index is 0.00000208. The first kappa shape index (κ1) is 18.8. The molecule has 3 rings (SSSR count). The van der Waals surface area contributed by atoms with Gasteiger partial charge in [-0.3, -0.25) is 0 Å². The fraction of sp³-hybridized carbons (Fsp3) is 0.235. The number of hydrogen-bond acceptors (Lipinski definition) is 2. The summed E-state index contributed by atoms with van der Waals surface area (Å²) >= 11 is 0.469. The zero-order chi connectivity index (χ0) is 16.4. The second kappa shape index (κ2) is 7.60. The van der Waals surface area contributed by atoms with Crippen LogP contribution in [0.5, 0.6) is 0 Å². The average molecular weight is 420 g/mol. The molecule has 1 heterocycles. The largest absolute Gasteiger partial charge is 0.147 e. The maximum Gasteiger partial charge on any atom is -0.147 e. The van der Waals surface area contributed by atoms with Crippen LogP contribution in [0.4, 0.5) is 13.2 Å². The molecule has 7 heteroatoms. The number of halogens is 4. The fourth-order valence-corrected chi connectivity index (χ4v) is 3.36. The summed E-state index contributed by atoms with van der Waals surface area (Å²) in [5.74, 6) is 2.16. The van der Waals surface area contributed by atoms with E-state index in [9.17, 15) is 13.2 Å². The molecule has 2 nitrogen and oxygen atoms in total. The molecule has 2 aromatic rings. The van der Waals surface area contributed by atoms with E-state index >= 15 is 0 Å². The van der Waals surface area contributed by atoms with E-state index in [0.717, 1.165) is 29.0 Å². The van der Waals surface area contributed by atoms with E-state index < -0.39 is 11.7 Å². The van der Waals surface area contributed by atoms with Gasteiger partial charge < -0.3 is 0 Å². The van der Waals surface area contributed by atoms with Crippen molar-refractivity contribution in [3.8, 4) is 0 Å². The van der Waals surface area contributed by atoms with Crippen molar-refractivity contribution in [2.24, 2.45) is 5.10 Å². The van der Waals surface area contributed by atoms with Gasteiger partial charge in [0.1, 0.15) is 0 Å². The zero-order valence-electron chi connectivity index (χ0n) is 12.8. The molecule has 0 radical (unpaired) electrons. The van der Waals surface area contributed by atoms with Crippen LogP contribution in [0.2, 0.25) is 5.82 Å². The first-order valence-corrected chi connectivity index (χ1v) is 9.68. The molecular formula is C17H16ClF3N2Se. The number of rotatable bonds is 3. The van der Waals surface area contributed by atoms with E-state index in [0.29, 0.717) is 21.4 Å². The first-order valence-electron chi connectivity index (χ1n) is 7.11. The van der Waals surface area contributed by atoms with Gasteiger partial charge in [-0.05, 0) is 0 Å². The Morgan fingerprint density at radius 1 is 1.04 bits per heavy atom. The molecular weight excluding hydrogens is 404 g/mol. The molecule has 2 aromatic carbocycles. The minimum Gasteiger partial charge on any atom is -0.147 e. The standard InChI is InChI=1S/C17H15F3N2Se.ClH/c1-23-14-8-4-12(5-9-14)16-10-15(21-22-16)11-2-6-13(7-3-11)17(18,19)20;/h2-9,15,21H,10H2,1H3;1H. The summed E-state index contributed by atoms with van der Waals surface area (Å²) in [5.41, 5.74) is 5.19. The molecule has 128 valence electrons. The molecule has 0 bridgehead atoms. The van der Waals surface area contributed by atoms with E-state index in [1.165, 1.54) is 16.6 Å². The van der Waals surface area contributed by atoms with Crippen LogP contribution in [0.15, 0.2) is 53.6 Å². The van der Waals surface area contributed by atoms with Crippen molar-refractivity contribution < 1.29 is 13.2 Å². The first-order chi connectivity index (χ1) is 11.0. The molecule has 24 heavy (non-hydrogen) atoms. The zero-order valence-corrected chi connectivity index (χ0v) is 15.3. The van der Waals surface area contributed by atoms with Crippen LogP contribution < -0.4 is 9.89 Å². The quantitative estimate of drug-likeness (QED) is 0.749. The van der Waals surface area contributed by atoms with Gasteiger partial charge in [-0.25, -0.2) is 0 Å². The molecule has 0 saturated heterocycles. The van der Waals surface area contributed by atoms with Gasteiger partial charge in [-0.2, -0.15) is 13.2 Å². The number of nitrogens with zero attached hydrogens (tertiary/aromatic N) is 1. The van der Waals surface area contributed by atoms with Gasteiger partial charge in [0.05, 0.1) is 0 Å². The second-order valence-electron chi connectivity index (χ2n) is 5.29. The van der Waals surface area contributed by atoms with Crippen LogP contribution in [0, 0.1) is 0 Å². The van der Waals surface area contributed by atoms with Gasteiger partial charge in [0.15, 0.2) is 0 Å². The van der Waals surface area contributed by atoms with E-state index in [1.807, 2.05) is 0 Å². The Morgan fingerprint density at radius 2 is 1.67 bits per heavy atom. The molecule has 0 aliphatic carbocycles. The van der Waals surface area contributed by atoms with Crippen molar-refractivity contribution in [1.29, 1.82) is 0 Å². The van der Waals surface area contributed by atoms with Gasteiger partial charge in [-0.15, -0.1) is 12.4 Å². The third-order valence-electron chi connectivity index (χ3n) is 3.82. The fourth-order valence-electron chi connectivity index (χ4n) is 2.50. The number of nitrogens with one attached hydrogen (secondary N) is 1. The van der Waals surface area contributed by atoms with Gasteiger partial charge in [0.25, 0.3) is 0 Å². The Kier molecular flexibility index (Phi) is 5.96. The summed E-state index contributed by atoms with van der Waals surface area (Å²) in [6.07, 6.45) is -3.63. The van der Waals surface area contributed by atoms with E-state index in [4.69, 9.17) is 0 Å². The number of alkyl halides is 3. The predicted molar refractivity (Wildman–Crippen MR) is 93.4 cm³/mol. The summed E-state index contributed by atoms with van der Waals surface area (Å²) in [6.45, 7) is 0. The summed E-state index contributed by atoms with van der Waals surface area (Å²) in [6, 6.07) is 13.5. The molecule has 0 saturated carbocycles. The van der Waals surface area contributed by atoms with Gasteiger partial charge in [0.2, 0.25) is 0 Å². The summed E-state index contributed by atoms with van der Waals surface area (Å²) in [5, 5.41) is 4.34. The van der Waals surface area contributed by atoms with Crippen molar-refractivity contribution in [2.45, 2.75) is 24.5 Å². The molecule has 1 aliphatic rings. The van der Waals surface area contributed by atoms with E-state index in [2.05, 4.69) is 40.6 Å². The van der Waals surface area contributed by atoms with Crippen LogP contribution in [0.25, 0.3) is 0 Å². The number of benzene rings is 2. The molecule has 1 N–H and O–H groups in total. The van der Waals surface area contributed by atoms with Crippen molar-refractivity contribution in [1.82, 2.24) is 5.43 Å².